The molecule has 39 heavy (non-hydrogen) atoms. The van der Waals surface area contributed by atoms with Crippen LogP contribution < -0.4 is 0 Å². The number of ether oxygens (including phenoxy) is 1. The number of alkyl halides is 3. The molecule has 0 amide bonds. The van der Waals surface area contributed by atoms with Gasteiger partial charge in [0.2, 0.25) is 0 Å². The van der Waals surface area contributed by atoms with E-state index in [-0.39, 0.29) is 22.3 Å². The Morgan fingerprint density at radius 1 is 1.00 bits per heavy atom. The van der Waals surface area contributed by atoms with Crippen molar-refractivity contribution in [2.75, 3.05) is 0 Å². The molecule has 0 aliphatic heterocycles. The van der Waals surface area contributed by atoms with E-state index in [1.165, 1.54) is 12.1 Å². The molecule has 4 fully saturated rings. The minimum atomic E-state index is -4.61. The Morgan fingerprint density at radius 2 is 1.69 bits per heavy atom. The van der Waals surface area contributed by atoms with Gasteiger partial charge in [0, 0.05) is 5.92 Å². The Labute approximate surface area is 232 Å². The fourth-order valence-electron chi connectivity index (χ4n) is 10.4. The first-order valence-corrected chi connectivity index (χ1v) is 15.4. The number of carbonyl (C=O) groups is 1. The van der Waals surface area contributed by atoms with E-state index in [0.717, 1.165) is 70.6 Å². The zero-order valence-electron chi connectivity index (χ0n) is 24.1. The molecule has 0 spiro atoms. The maximum atomic E-state index is 14.4. The number of benzene rings is 1. The third-order valence-corrected chi connectivity index (χ3v) is 12.3. The molecule has 0 saturated heterocycles. The van der Waals surface area contributed by atoms with Crippen LogP contribution in [0.4, 0.5) is 13.2 Å². The first-order chi connectivity index (χ1) is 18.3. The van der Waals surface area contributed by atoms with Gasteiger partial charge in [0.05, 0.1) is 11.2 Å². The zero-order valence-corrected chi connectivity index (χ0v) is 24.1. The first-order valence-electron chi connectivity index (χ1n) is 15.4. The maximum Gasteiger partial charge on any atom is 0.425 e. The van der Waals surface area contributed by atoms with Crippen LogP contribution in [0, 0.1) is 46.3 Å². The molecule has 4 aliphatic carbocycles. The molecule has 1 aromatic rings. The second-order valence-corrected chi connectivity index (χ2v) is 14.2. The zero-order chi connectivity index (χ0) is 28.2. The standard InChI is InChI=1S/C33H47F3O3/c1-5-16-32(38)19-18-30(3)23(20-32)11-12-24-26-14-13-25(31(26,4)17-15-27(24)30)21(2)28(33(34,35)36)39-29(37)22-9-7-6-8-10-22/h6-10,21,23-28,38H,5,11-20H2,1-4H3/t21-,23+,24-,25+,26-,27-,28-,30-,31+,32+/m0/s1. The van der Waals surface area contributed by atoms with Gasteiger partial charge < -0.3 is 9.84 Å². The van der Waals surface area contributed by atoms with Gasteiger partial charge in [0.25, 0.3) is 0 Å². The van der Waals surface area contributed by atoms with Crippen LogP contribution in [0.5, 0.6) is 0 Å². The van der Waals surface area contributed by atoms with Gasteiger partial charge in [-0.25, -0.2) is 4.79 Å². The van der Waals surface area contributed by atoms with Crippen molar-refractivity contribution in [3.63, 3.8) is 0 Å². The average Bonchev–Trinajstić information content (AvgIpc) is 3.24. The van der Waals surface area contributed by atoms with Crippen molar-refractivity contribution in [1.82, 2.24) is 0 Å². The van der Waals surface area contributed by atoms with E-state index < -0.39 is 29.8 Å². The summed E-state index contributed by atoms with van der Waals surface area (Å²) in [5.41, 5.74) is -0.331. The summed E-state index contributed by atoms with van der Waals surface area (Å²) in [6.07, 6.45) is 3.97. The summed E-state index contributed by atoms with van der Waals surface area (Å²) in [7, 11) is 0. The molecule has 0 unspecified atom stereocenters. The minimum absolute atomic E-state index is 0.134. The monoisotopic (exact) mass is 548 g/mol. The van der Waals surface area contributed by atoms with Crippen LogP contribution in [0.2, 0.25) is 0 Å². The van der Waals surface area contributed by atoms with Gasteiger partial charge in [0.1, 0.15) is 0 Å². The summed E-state index contributed by atoms with van der Waals surface area (Å²) in [5.74, 6) is 0.243. The highest BCUT2D eigenvalue weighted by atomic mass is 19.4. The van der Waals surface area contributed by atoms with Crippen molar-refractivity contribution in [2.24, 2.45) is 46.3 Å². The quantitative estimate of drug-likeness (QED) is 0.362. The normalized spacial score (nSPS) is 41.6. The summed E-state index contributed by atoms with van der Waals surface area (Å²) in [4.78, 5) is 12.7. The van der Waals surface area contributed by atoms with E-state index >= 15 is 0 Å². The summed E-state index contributed by atoms with van der Waals surface area (Å²) >= 11 is 0. The fourth-order valence-corrected chi connectivity index (χ4v) is 10.4. The van der Waals surface area contributed by atoms with Gasteiger partial charge in [-0.1, -0.05) is 52.3 Å². The van der Waals surface area contributed by atoms with Crippen LogP contribution >= 0.6 is 0 Å². The lowest BCUT2D eigenvalue weighted by Crippen LogP contribution is -2.56. The number of rotatable bonds is 6. The molecule has 218 valence electrons. The van der Waals surface area contributed by atoms with Crippen LogP contribution in [0.25, 0.3) is 0 Å². The van der Waals surface area contributed by atoms with Crippen LogP contribution in [0.3, 0.4) is 0 Å². The van der Waals surface area contributed by atoms with Crippen LogP contribution in [-0.4, -0.2) is 29.0 Å². The summed E-state index contributed by atoms with van der Waals surface area (Å²) in [5, 5.41) is 11.2. The molecule has 5 rings (SSSR count). The lowest BCUT2D eigenvalue weighted by atomic mass is 9.43. The predicted molar refractivity (Wildman–Crippen MR) is 146 cm³/mol. The van der Waals surface area contributed by atoms with Crippen molar-refractivity contribution in [3.8, 4) is 0 Å². The van der Waals surface area contributed by atoms with E-state index in [1.807, 2.05) is 0 Å². The van der Waals surface area contributed by atoms with Crippen molar-refractivity contribution >= 4 is 5.97 Å². The smallest absolute Gasteiger partial charge is 0.425 e. The first kappa shape index (κ1) is 29.0. The van der Waals surface area contributed by atoms with Gasteiger partial charge in [-0.05, 0) is 117 Å². The topological polar surface area (TPSA) is 46.5 Å². The number of esters is 1. The lowest BCUT2D eigenvalue weighted by molar-refractivity contribution is -0.228. The highest BCUT2D eigenvalue weighted by Crippen LogP contribution is 2.69. The maximum absolute atomic E-state index is 14.4. The van der Waals surface area contributed by atoms with Crippen molar-refractivity contribution in [1.29, 1.82) is 0 Å². The SMILES string of the molecule is CCC[C@@]1(O)CC[C@@]2(C)[C@H](CC[C@@H]3[C@@H]2CC[C@]2(C)[C@@H]([C@H](C)[C@H](OC(=O)c4ccccc4)C(F)(F)F)CC[C@@H]32)C1. The summed E-state index contributed by atoms with van der Waals surface area (Å²) in [6, 6.07) is 7.99. The highest BCUT2D eigenvalue weighted by Gasteiger charge is 2.63. The van der Waals surface area contributed by atoms with Crippen LogP contribution in [0.15, 0.2) is 30.3 Å². The van der Waals surface area contributed by atoms with Gasteiger partial charge in [-0.3, -0.25) is 0 Å². The molecule has 0 bridgehead atoms. The molecule has 4 saturated carbocycles. The highest BCUT2D eigenvalue weighted by molar-refractivity contribution is 5.89. The van der Waals surface area contributed by atoms with Crippen molar-refractivity contribution < 1.29 is 27.8 Å². The Bertz CT molecular complexity index is 1030. The summed E-state index contributed by atoms with van der Waals surface area (Å²) < 4.78 is 48.4. The number of hydrogen-bond donors (Lipinski definition) is 1. The molecular formula is C33H47F3O3. The second kappa shape index (κ2) is 10.4. The Balaban J connectivity index is 1.34. The van der Waals surface area contributed by atoms with Gasteiger partial charge in [-0.15, -0.1) is 0 Å². The third-order valence-electron chi connectivity index (χ3n) is 12.3. The Hall–Kier alpha value is -1.56. The fraction of sp³-hybridized carbons (Fsp3) is 0.788. The van der Waals surface area contributed by atoms with E-state index in [2.05, 4.69) is 20.8 Å². The molecule has 3 nitrogen and oxygen atoms in total. The molecule has 0 heterocycles. The second-order valence-electron chi connectivity index (χ2n) is 14.2. The lowest BCUT2D eigenvalue weighted by Gasteiger charge is -2.62. The molecule has 1 N–H and O–H groups in total. The molecule has 10 atom stereocenters. The summed E-state index contributed by atoms with van der Waals surface area (Å²) in [6.45, 7) is 8.51. The molecule has 4 aliphatic rings. The van der Waals surface area contributed by atoms with Crippen molar-refractivity contribution in [3.05, 3.63) is 35.9 Å². The van der Waals surface area contributed by atoms with E-state index in [1.54, 1.807) is 25.1 Å². The van der Waals surface area contributed by atoms with Crippen molar-refractivity contribution in [2.45, 2.75) is 116 Å². The van der Waals surface area contributed by atoms with E-state index in [4.69, 9.17) is 4.74 Å². The molecule has 0 radical (unpaired) electrons. The van der Waals surface area contributed by atoms with Crippen LogP contribution in [0.1, 0.15) is 109 Å². The molecule has 6 heteroatoms. The van der Waals surface area contributed by atoms with E-state index in [9.17, 15) is 23.1 Å². The largest absolute Gasteiger partial charge is 0.449 e. The molecular weight excluding hydrogens is 501 g/mol. The molecule has 1 aromatic carbocycles. The van der Waals surface area contributed by atoms with Gasteiger partial charge in [-0.2, -0.15) is 13.2 Å². The van der Waals surface area contributed by atoms with E-state index in [0.29, 0.717) is 23.7 Å². The number of hydrogen-bond acceptors (Lipinski definition) is 3. The molecule has 0 aromatic heterocycles. The number of carbonyl (C=O) groups excluding carboxylic acids is 1. The van der Waals surface area contributed by atoms with Gasteiger partial charge in [0.15, 0.2) is 6.10 Å². The third kappa shape index (κ3) is 5.06. The Kier molecular flexibility index (Phi) is 7.70. The predicted octanol–water partition coefficient (Wildman–Crippen LogP) is 8.60. The number of halogens is 3. The van der Waals surface area contributed by atoms with Crippen LogP contribution in [-0.2, 0) is 4.74 Å². The van der Waals surface area contributed by atoms with Gasteiger partial charge >= 0.3 is 12.1 Å². The number of aliphatic hydroxyl groups is 1. The Morgan fingerprint density at radius 3 is 2.36 bits per heavy atom. The minimum Gasteiger partial charge on any atom is -0.449 e. The average molecular weight is 549 g/mol. The number of fused-ring (bicyclic) bond motifs is 5.